The zero-order valence-electron chi connectivity index (χ0n) is 7.26. The lowest BCUT2D eigenvalue weighted by Crippen LogP contribution is -2.25. The normalized spacial score (nSPS) is 20.6. The maximum absolute atomic E-state index is 9.02. The molecule has 0 spiro atoms. The molecule has 0 saturated heterocycles. The summed E-state index contributed by atoms with van der Waals surface area (Å²) in [4.78, 5) is 0. The first-order valence-corrected chi connectivity index (χ1v) is 5.22. The van der Waals surface area contributed by atoms with Crippen molar-refractivity contribution in [3.8, 4) is 0 Å². The van der Waals surface area contributed by atoms with Crippen molar-refractivity contribution >= 4 is 21.6 Å². The smallest absolute Gasteiger partial charge is 0.0479 e. The molecule has 0 bridgehead atoms. The SMILES string of the molecule is OCC1CNc2cc(Br)ccc2C1. The van der Waals surface area contributed by atoms with E-state index < -0.39 is 0 Å². The van der Waals surface area contributed by atoms with Crippen molar-refractivity contribution in [3.63, 3.8) is 0 Å². The van der Waals surface area contributed by atoms with Gasteiger partial charge in [0, 0.05) is 29.2 Å². The molecule has 13 heavy (non-hydrogen) atoms. The predicted molar refractivity (Wildman–Crippen MR) is 56.9 cm³/mol. The number of halogens is 1. The third-order valence-corrected chi connectivity index (χ3v) is 2.91. The molecular weight excluding hydrogens is 230 g/mol. The molecule has 1 atom stereocenters. The molecule has 0 aromatic heterocycles. The Morgan fingerprint density at radius 3 is 3.15 bits per heavy atom. The number of nitrogens with one attached hydrogen (secondary N) is 1. The molecule has 0 aliphatic carbocycles. The van der Waals surface area contributed by atoms with Crippen LogP contribution in [0.3, 0.4) is 0 Å². The summed E-state index contributed by atoms with van der Waals surface area (Å²) in [6.45, 7) is 1.14. The third-order valence-electron chi connectivity index (χ3n) is 2.42. The van der Waals surface area contributed by atoms with E-state index >= 15 is 0 Å². The van der Waals surface area contributed by atoms with E-state index in [-0.39, 0.29) is 6.61 Å². The number of benzene rings is 1. The van der Waals surface area contributed by atoms with Crippen LogP contribution >= 0.6 is 15.9 Å². The van der Waals surface area contributed by atoms with Crippen molar-refractivity contribution in [2.45, 2.75) is 6.42 Å². The fraction of sp³-hybridized carbons (Fsp3) is 0.400. The van der Waals surface area contributed by atoms with Crippen LogP contribution in [0.4, 0.5) is 5.69 Å². The zero-order chi connectivity index (χ0) is 9.26. The van der Waals surface area contributed by atoms with E-state index in [0.29, 0.717) is 5.92 Å². The molecule has 1 heterocycles. The van der Waals surface area contributed by atoms with Crippen LogP contribution in [-0.4, -0.2) is 18.3 Å². The van der Waals surface area contributed by atoms with Crippen molar-refractivity contribution < 1.29 is 5.11 Å². The van der Waals surface area contributed by atoms with Gasteiger partial charge in [0.2, 0.25) is 0 Å². The molecule has 2 N–H and O–H groups in total. The minimum absolute atomic E-state index is 0.266. The van der Waals surface area contributed by atoms with E-state index in [2.05, 4.69) is 33.4 Å². The Labute approximate surface area is 86.1 Å². The Hall–Kier alpha value is -0.540. The van der Waals surface area contributed by atoms with Crippen LogP contribution in [0.2, 0.25) is 0 Å². The molecule has 0 saturated carbocycles. The standard InChI is InChI=1S/C10H12BrNO/c11-9-2-1-8-3-7(6-13)5-12-10(8)4-9/h1-2,4,7,12-13H,3,5-6H2. The highest BCUT2D eigenvalue weighted by molar-refractivity contribution is 9.10. The predicted octanol–water partition coefficient (Wildman–Crippen LogP) is 2.03. The summed E-state index contributed by atoms with van der Waals surface area (Å²) in [7, 11) is 0. The summed E-state index contributed by atoms with van der Waals surface area (Å²) in [5.41, 5.74) is 2.49. The monoisotopic (exact) mass is 241 g/mol. The Morgan fingerprint density at radius 2 is 2.38 bits per heavy atom. The molecule has 3 heteroatoms. The summed E-state index contributed by atoms with van der Waals surface area (Å²) in [5, 5.41) is 12.3. The molecule has 1 aromatic rings. The second-order valence-electron chi connectivity index (χ2n) is 3.44. The number of hydrogen-bond donors (Lipinski definition) is 2. The molecule has 1 aliphatic heterocycles. The maximum atomic E-state index is 9.02. The van der Waals surface area contributed by atoms with Crippen LogP contribution in [0.25, 0.3) is 0 Å². The van der Waals surface area contributed by atoms with Crippen molar-refractivity contribution in [2.75, 3.05) is 18.5 Å². The summed E-state index contributed by atoms with van der Waals surface area (Å²) in [6, 6.07) is 6.23. The van der Waals surface area contributed by atoms with Crippen LogP contribution < -0.4 is 5.32 Å². The Kier molecular flexibility index (Phi) is 2.56. The summed E-state index contributed by atoms with van der Waals surface area (Å²) in [6.07, 6.45) is 0.978. The van der Waals surface area contributed by atoms with Crippen LogP contribution in [0, 0.1) is 5.92 Å². The van der Waals surface area contributed by atoms with Crippen molar-refractivity contribution in [2.24, 2.45) is 5.92 Å². The van der Waals surface area contributed by atoms with E-state index in [9.17, 15) is 0 Å². The minimum atomic E-state index is 0.266. The lowest BCUT2D eigenvalue weighted by molar-refractivity contribution is 0.230. The van der Waals surface area contributed by atoms with E-state index in [4.69, 9.17) is 5.11 Å². The highest BCUT2D eigenvalue weighted by atomic mass is 79.9. The van der Waals surface area contributed by atoms with Gasteiger partial charge in [0.25, 0.3) is 0 Å². The first-order chi connectivity index (χ1) is 6.29. The molecule has 1 aliphatic rings. The zero-order valence-corrected chi connectivity index (χ0v) is 8.84. The van der Waals surface area contributed by atoms with Crippen molar-refractivity contribution in [1.29, 1.82) is 0 Å². The van der Waals surface area contributed by atoms with Crippen molar-refractivity contribution in [3.05, 3.63) is 28.2 Å². The van der Waals surface area contributed by atoms with Gasteiger partial charge in [-0.2, -0.15) is 0 Å². The fourth-order valence-electron chi connectivity index (χ4n) is 1.66. The van der Waals surface area contributed by atoms with E-state index in [0.717, 1.165) is 17.4 Å². The van der Waals surface area contributed by atoms with Crippen LogP contribution in [-0.2, 0) is 6.42 Å². The Balaban J connectivity index is 2.26. The van der Waals surface area contributed by atoms with Crippen LogP contribution in [0.15, 0.2) is 22.7 Å². The Bertz CT molecular complexity index is 314. The molecule has 2 nitrogen and oxygen atoms in total. The average Bonchev–Trinajstić information content (AvgIpc) is 2.17. The minimum Gasteiger partial charge on any atom is -0.396 e. The lowest BCUT2D eigenvalue weighted by atomic mass is 9.95. The lowest BCUT2D eigenvalue weighted by Gasteiger charge is -2.24. The highest BCUT2D eigenvalue weighted by Crippen LogP contribution is 2.27. The molecule has 1 aromatic carbocycles. The average molecular weight is 242 g/mol. The molecule has 1 unspecified atom stereocenters. The fourth-order valence-corrected chi connectivity index (χ4v) is 2.02. The Morgan fingerprint density at radius 1 is 1.54 bits per heavy atom. The van der Waals surface area contributed by atoms with Gasteiger partial charge >= 0.3 is 0 Å². The van der Waals surface area contributed by atoms with Crippen molar-refractivity contribution in [1.82, 2.24) is 0 Å². The maximum Gasteiger partial charge on any atom is 0.0479 e. The third kappa shape index (κ3) is 1.86. The highest BCUT2D eigenvalue weighted by Gasteiger charge is 2.16. The molecule has 0 fully saturated rings. The van der Waals surface area contributed by atoms with Crippen LogP contribution in [0.1, 0.15) is 5.56 Å². The van der Waals surface area contributed by atoms with Gasteiger partial charge in [-0.1, -0.05) is 22.0 Å². The second kappa shape index (κ2) is 3.68. The van der Waals surface area contributed by atoms with Crippen LogP contribution in [0.5, 0.6) is 0 Å². The van der Waals surface area contributed by atoms with Gasteiger partial charge in [-0.15, -0.1) is 0 Å². The first kappa shape index (κ1) is 9.03. The second-order valence-corrected chi connectivity index (χ2v) is 4.35. The molecule has 0 radical (unpaired) electrons. The number of fused-ring (bicyclic) bond motifs is 1. The number of anilines is 1. The van der Waals surface area contributed by atoms with Gasteiger partial charge in [0.05, 0.1) is 0 Å². The summed E-state index contributed by atoms with van der Waals surface area (Å²) >= 11 is 3.43. The largest absolute Gasteiger partial charge is 0.396 e. The van der Waals surface area contributed by atoms with E-state index in [1.54, 1.807) is 0 Å². The van der Waals surface area contributed by atoms with E-state index in [1.807, 2.05) is 6.07 Å². The van der Waals surface area contributed by atoms with Gasteiger partial charge in [-0.25, -0.2) is 0 Å². The topological polar surface area (TPSA) is 32.3 Å². The summed E-state index contributed by atoms with van der Waals surface area (Å²) < 4.78 is 1.10. The van der Waals surface area contributed by atoms with Gasteiger partial charge in [0.1, 0.15) is 0 Å². The first-order valence-electron chi connectivity index (χ1n) is 4.43. The van der Waals surface area contributed by atoms with E-state index in [1.165, 1.54) is 11.3 Å². The van der Waals surface area contributed by atoms with Gasteiger partial charge in [0.15, 0.2) is 0 Å². The number of aliphatic hydroxyl groups excluding tert-OH is 1. The molecule has 0 amide bonds. The number of hydrogen-bond acceptors (Lipinski definition) is 2. The molecule has 70 valence electrons. The summed E-state index contributed by atoms with van der Waals surface area (Å²) in [5.74, 6) is 0.369. The van der Waals surface area contributed by atoms with Gasteiger partial charge in [-0.3, -0.25) is 0 Å². The van der Waals surface area contributed by atoms with Gasteiger partial charge in [-0.05, 0) is 24.1 Å². The quantitative estimate of drug-likeness (QED) is 0.789. The number of rotatable bonds is 1. The van der Waals surface area contributed by atoms with Gasteiger partial charge < -0.3 is 10.4 Å². The molecule has 2 rings (SSSR count). The number of aliphatic hydroxyl groups is 1. The molecular formula is C10H12BrNO.